The highest BCUT2D eigenvalue weighted by Crippen LogP contribution is 2.26. The number of rotatable bonds is 9. The van der Waals surface area contributed by atoms with Gasteiger partial charge in [-0.25, -0.2) is 0 Å². The molecule has 0 spiro atoms. The lowest BCUT2D eigenvalue weighted by Crippen LogP contribution is -2.16. The van der Waals surface area contributed by atoms with E-state index in [2.05, 4.69) is 17.4 Å². The Morgan fingerprint density at radius 1 is 0.821 bits per heavy atom. The third-order valence-corrected chi connectivity index (χ3v) is 4.26. The summed E-state index contributed by atoms with van der Waals surface area (Å²) in [6.07, 6.45) is 1.04. The van der Waals surface area contributed by atoms with Gasteiger partial charge < -0.3 is 14.8 Å². The first-order valence-electron chi connectivity index (χ1n) is 9.52. The molecule has 0 heterocycles. The smallest absolute Gasteiger partial charge is 0.227 e. The second-order valence-electron chi connectivity index (χ2n) is 6.35. The van der Waals surface area contributed by atoms with Crippen molar-refractivity contribution in [2.45, 2.75) is 19.8 Å². The van der Waals surface area contributed by atoms with Gasteiger partial charge in [0.2, 0.25) is 5.91 Å². The number of hydrogen-bond acceptors (Lipinski definition) is 3. The molecule has 3 aromatic rings. The molecule has 1 amide bonds. The fraction of sp³-hybridized carbons (Fsp3) is 0.208. The summed E-state index contributed by atoms with van der Waals surface area (Å²) < 4.78 is 11.3. The molecular formula is C24H25NO3. The summed E-state index contributed by atoms with van der Waals surface area (Å²) in [6, 6.07) is 25.6. The van der Waals surface area contributed by atoms with E-state index >= 15 is 0 Å². The van der Waals surface area contributed by atoms with Gasteiger partial charge in [0.25, 0.3) is 0 Å². The van der Waals surface area contributed by atoms with Gasteiger partial charge >= 0.3 is 0 Å². The summed E-state index contributed by atoms with van der Waals surface area (Å²) in [7, 11) is 0. The number of ether oxygens (including phenoxy) is 2. The lowest BCUT2D eigenvalue weighted by Gasteiger charge is -2.13. The number of nitrogens with one attached hydrogen (secondary N) is 1. The Kier molecular flexibility index (Phi) is 7.08. The molecule has 0 aliphatic heterocycles. The zero-order valence-electron chi connectivity index (χ0n) is 16.1. The van der Waals surface area contributed by atoms with Crippen molar-refractivity contribution in [3.8, 4) is 11.5 Å². The van der Waals surface area contributed by atoms with Crippen LogP contribution in [0, 0.1) is 0 Å². The average Bonchev–Trinajstić information content (AvgIpc) is 2.72. The SMILES string of the molecule is CCOc1ccccc1OCCC(=O)Nc1ccccc1Cc1ccccc1. The first-order valence-corrected chi connectivity index (χ1v) is 9.52. The summed E-state index contributed by atoms with van der Waals surface area (Å²) in [5.41, 5.74) is 3.13. The van der Waals surface area contributed by atoms with E-state index in [1.807, 2.05) is 73.7 Å². The average molecular weight is 375 g/mol. The van der Waals surface area contributed by atoms with Gasteiger partial charge in [-0.2, -0.15) is 0 Å². The molecule has 4 nitrogen and oxygen atoms in total. The highest BCUT2D eigenvalue weighted by Gasteiger charge is 2.09. The normalized spacial score (nSPS) is 10.3. The van der Waals surface area contributed by atoms with E-state index in [-0.39, 0.29) is 18.9 Å². The largest absolute Gasteiger partial charge is 0.490 e. The van der Waals surface area contributed by atoms with Gasteiger partial charge in [0.1, 0.15) is 0 Å². The molecule has 0 saturated heterocycles. The number of para-hydroxylation sites is 3. The number of anilines is 1. The van der Waals surface area contributed by atoms with Crippen molar-refractivity contribution in [1.29, 1.82) is 0 Å². The van der Waals surface area contributed by atoms with Crippen LogP contribution in [0.3, 0.4) is 0 Å². The molecule has 0 saturated carbocycles. The molecule has 0 bridgehead atoms. The van der Waals surface area contributed by atoms with E-state index in [1.165, 1.54) is 5.56 Å². The topological polar surface area (TPSA) is 47.6 Å². The molecular weight excluding hydrogens is 350 g/mol. The number of benzene rings is 3. The van der Waals surface area contributed by atoms with Crippen LogP contribution in [0.2, 0.25) is 0 Å². The second-order valence-corrected chi connectivity index (χ2v) is 6.35. The highest BCUT2D eigenvalue weighted by atomic mass is 16.5. The van der Waals surface area contributed by atoms with Crippen molar-refractivity contribution in [3.63, 3.8) is 0 Å². The van der Waals surface area contributed by atoms with Gasteiger partial charge in [0.05, 0.1) is 19.6 Å². The maximum Gasteiger partial charge on any atom is 0.227 e. The number of hydrogen-bond donors (Lipinski definition) is 1. The van der Waals surface area contributed by atoms with Gasteiger partial charge in [-0.1, -0.05) is 60.7 Å². The van der Waals surface area contributed by atoms with Gasteiger partial charge in [-0.3, -0.25) is 4.79 Å². The lowest BCUT2D eigenvalue weighted by atomic mass is 10.0. The maximum absolute atomic E-state index is 12.4. The summed E-state index contributed by atoms with van der Waals surface area (Å²) in [5.74, 6) is 1.27. The van der Waals surface area contributed by atoms with Gasteiger partial charge in [-0.05, 0) is 42.7 Å². The van der Waals surface area contributed by atoms with Crippen molar-refractivity contribution < 1.29 is 14.3 Å². The predicted molar refractivity (Wildman–Crippen MR) is 112 cm³/mol. The quantitative estimate of drug-likeness (QED) is 0.567. The summed E-state index contributed by atoms with van der Waals surface area (Å²) in [6.45, 7) is 2.78. The Hall–Kier alpha value is -3.27. The van der Waals surface area contributed by atoms with Crippen molar-refractivity contribution in [3.05, 3.63) is 90.0 Å². The molecule has 0 aliphatic carbocycles. The zero-order valence-corrected chi connectivity index (χ0v) is 16.1. The molecule has 0 fully saturated rings. The Morgan fingerprint density at radius 2 is 1.46 bits per heavy atom. The molecule has 3 rings (SSSR count). The molecule has 0 radical (unpaired) electrons. The van der Waals surface area contributed by atoms with Crippen molar-refractivity contribution in [1.82, 2.24) is 0 Å². The minimum absolute atomic E-state index is 0.0746. The summed E-state index contributed by atoms with van der Waals surface area (Å²) in [5, 5.41) is 3.01. The number of carbonyl (C=O) groups excluding carboxylic acids is 1. The van der Waals surface area contributed by atoms with Crippen LogP contribution in [0.15, 0.2) is 78.9 Å². The van der Waals surface area contributed by atoms with Crippen LogP contribution in [-0.4, -0.2) is 19.1 Å². The molecule has 0 unspecified atom stereocenters. The van der Waals surface area contributed by atoms with Crippen LogP contribution in [0.25, 0.3) is 0 Å². The molecule has 4 heteroatoms. The molecule has 1 N–H and O–H groups in total. The first-order chi connectivity index (χ1) is 13.8. The Bertz CT molecular complexity index is 893. The monoisotopic (exact) mass is 375 g/mol. The van der Waals surface area contributed by atoms with E-state index in [9.17, 15) is 4.79 Å². The van der Waals surface area contributed by atoms with E-state index < -0.39 is 0 Å². The minimum Gasteiger partial charge on any atom is -0.490 e. The number of carbonyl (C=O) groups is 1. The Labute approximate surface area is 166 Å². The molecule has 0 aromatic heterocycles. The van der Waals surface area contributed by atoms with E-state index in [0.717, 1.165) is 17.7 Å². The zero-order chi connectivity index (χ0) is 19.6. The standard InChI is InChI=1S/C24H25NO3/c1-2-27-22-14-8-9-15-23(22)28-17-16-24(26)25-21-13-7-6-12-20(21)18-19-10-4-3-5-11-19/h3-15H,2,16-18H2,1H3,(H,25,26). The molecule has 144 valence electrons. The van der Waals surface area contributed by atoms with E-state index in [0.29, 0.717) is 18.1 Å². The fourth-order valence-electron chi connectivity index (χ4n) is 2.92. The van der Waals surface area contributed by atoms with Gasteiger partial charge in [0.15, 0.2) is 11.5 Å². The lowest BCUT2D eigenvalue weighted by molar-refractivity contribution is -0.116. The molecule has 28 heavy (non-hydrogen) atoms. The maximum atomic E-state index is 12.4. The predicted octanol–water partition coefficient (Wildman–Crippen LogP) is 5.08. The molecule has 3 aromatic carbocycles. The molecule has 0 aliphatic rings. The van der Waals surface area contributed by atoms with Gasteiger partial charge in [-0.15, -0.1) is 0 Å². The molecule has 0 atom stereocenters. The van der Waals surface area contributed by atoms with Crippen molar-refractivity contribution in [2.24, 2.45) is 0 Å². The van der Waals surface area contributed by atoms with Crippen LogP contribution < -0.4 is 14.8 Å². The second kappa shape index (κ2) is 10.2. The van der Waals surface area contributed by atoms with Crippen molar-refractivity contribution >= 4 is 11.6 Å². The van der Waals surface area contributed by atoms with Crippen LogP contribution in [0.5, 0.6) is 11.5 Å². The fourth-order valence-corrected chi connectivity index (χ4v) is 2.92. The summed E-state index contributed by atoms with van der Waals surface area (Å²) >= 11 is 0. The van der Waals surface area contributed by atoms with Crippen LogP contribution in [-0.2, 0) is 11.2 Å². The van der Waals surface area contributed by atoms with Crippen LogP contribution in [0.4, 0.5) is 5.69 Å². The van der Waals surface area contributed by atoms with Crippen molar-refractivity contribution in [2.75, 3.05) is 18.5 Å². The number of amides is 1. The Morgan fingerprint density at radius 3 is 2.21 bits per heavy atom. The first kappa shape index (κ1) is 19.5. The Balaban J connectivity index is 1.56. The van der Waals surface area contributed by atoms with Crippen LogP contribution >= 0.6 is 0 Å². The third kappa shape index (κ3) is 5.61. The van der Waals surface area contributed by atoms with Gasteiger partial charge in [0, 0.05) is 5.69 Å². The summed E-state index contributed by atoms with van der Waals surface area (Å²) in [4.78, 5) is 12.4. The van der Waals surface area contributed by atoms with E-state index in [1.54, 1.807) is 0 Å². The van der Waals surface area contributed by atoms with E-state index in [4.69, 9.17) is 9.47 Å². The third-order valence-electron chi connectivity index (χ3n) is 4.26. The van der Waals surface area contributed by atoms with Crippen LogP contribution in [0.1, 0.15) is 24.5 Å². The highest BCUT2D eigenvalue weighted by molar-refractivity contribution is 5.91. The minimum atomic E-state index is -0.0746.